The van der Waals surface area contributed by atoms with Crippen LogP contribution in [-0.2, 0) is 18.9 Å². The number of methoxy groups -OCH3 is 3. The highest BCUT2D eigenvalue weighted by Gasteiger charge is 2.30. The van der Waals surface area contributed by atoms with Gasteiger partial charge in [0.25, 0.3) is 5.91 Å². The summed E-state index contributed by atoms with van der Waals surface area (Å²) in [5.74, 6) is 3.56. The lowest BCUT2D eigenvalue weighted by molar-refractivity contribution is 0.0962. The van der Waals surface area contributed by atoms with Gasteiger partial charge in [-0.2, -0.15) is 5.10 Å². The largest absolute Gasteiger partial charge is 0.393 e. The first-order valence-electron chi connectivity index (χ1n) is 33.2. The van der Waals surface area contributed by atoms with E-state index in [1.54, 1.807) is 47.0 Å². The van der Waals surface area contributed by atoms with Crippen molar-refractivity contribution in [1.29, 1.82) is 0 Å². The van der Waals surface area contributed by atoms with Crippen molar-refractivity contribution in [2.45, 2.75) is 172 Å². The molecule has 4 fully saturated rings. The first-order chi connectivity index (χ1) is 45.2. The lowest BCUT2D eigenvalue weighted by Gasteiger charge is -2.25. The van der Waals surface area contributed by atoms with Crippen LogP contribution >= 0.6 is 0 Å². The number of nitrogens with one attached hydrogen (secondary N) is 4. The number of hydrogen-bond acceptors (Lipinski definition) is 19. The van der Waals surface area contributed by atoms with E-state index >= 15 is 0 Å². The highest BCUT2D eigenvalue weighted by atomic mass is 16.5. The zero-order valence-electron chi connectivity index (χ0n) is 55.3. The average molecular weight is 1270 g/mol. The molecule has 1 amide bonds. The van der Waals surface area contributed by atoms with Crippen LogP contribution in [0.2, 0.25) is 0 Å². The van der Waals surface area contributed by atoms with E-state index in [-0.39, 0.29) is 42.2 Å². The van der Waals surface area contributed by atoms with E-state index in [9.17, 15) is 15.0 Å². The van der Waals surface area contributed by atoms with Crippen molar-refractivity contribution in [3.63, 3.8) is 0 Å². The quantitative estimate of drug-likeness (QED) is 0.0414. The molecule has 1 aliphatic heterocycles. The van der Waals surface area contributed by atoms with Crippen molar-refractivity contribution in [1.82, 2.24) is 68.9 Å². The molecular formula is C69H93N17O7. The van der Waals surface area contributed by atoms with Crippen LogP contribution in [0, 0.1) is 12.8 Å². The highest BCUT2D eigenvalue weighted by Crippen LogP contribution is 2.42. The molecule has 0 radical (unpaired) electrons. The van der Waals surface area contributed by atoms with E-state index in [1.807, 2.05) is 65.3 Å². The Morgan fingerprint density at radius 3 is 1.46 bits per heavy atom. The Morgan fingerprint density at radius 1 is 0.570 bits per heavy atom. The van der Waals surface area contributed by atoms with Crippen molar-refractivity contribution < 1.29 is 34.0 Å². The molecule has 3 saturated carbocycles. The van der Waals surface area contributed by atoms with Gasteiger partial charge in [0.05, 0.1) is 91.6 Å². The van der Waals surface area contributed by atoms with Gasteiger partial charge in [0.15, 0.2) is 0 Å². The molecule has 10 heterocycles. The molecule has 496 valence electrons. The van der Waals surface area contributed by atoms with Gasteiger partial charge in [-0.1, -0.05) is 25.8 Å². The van der Waals surface area contributed by atoms with Crippen molar-refractivity contribution in [2.75, 3.05) is 77.4 Å². The molecule has 9 aromatic rings. The standard InChI is InChI=1S/C23H32N6O3.C23H30N6O3.C23H31N5O/c1-15(13-31-2)26-23-24-11-22-20(17-10-25-28(12-17)18-7-8-32-14-18)9-21(29(22)27-23)16-3-5-19(30)6-4-16;1-14(13-32-3)27-23-26-12-21-19(16-8-17(11-25-10-16)22(31)24-2)9-20(29(21)28-23)15-4-6-18(30)7-5-15;1-15-5-8-18(9-6-15)21-11-20(19-10-7-16(2)24-12-19)22-13-25-23(27-28(21)22)26-17(3)14-29-4/h9-12,15-16,18-19,30H,3-8,13-14H2,1-2H3,(H,26,27);8-12,14-15,18,30H,4-7,13H2,1-3H3,(H,24,31)(H,27,28);7,10-13,15,17-18H,5-6,8-9,14H2,1-4H3,(H,26,27)/t15-,16?,18-,19?;14-,15?,18?;15?,17-,18?/m000/s1. The number of aromatic nitrogens is 13. The van der Waals surface area contributed by atoms with Crippen LogP contribution < -0.4 is 21.3 Å². The third kappa shape index (κ3) is 16.0. The summed E-state index contributed by atoms with van der Waals surface area (Å²) in [6, 6.07) is 13.3. The molecule has 1 saturated heterocycles. The smallest absolute Gasteiger partial charge is 0.252 e. The van der Waals surface area contributed by atoms with Crippen molar-refractivity contribution >= 4 is 40.3 Å². The Kier molecular flexibility index (Phi) is 22.0. The molecule has 0 aromatic carbocycles. The van der Waals surface area contributed by atoms with Crippen LogP contribution in [0.3, 0.4) is 0 Å². The summed E-state index contributed by atoms with van der Waals surface area (Å²) in [7, 11) is 6.66. The second kappa shape index (κ2) is 30.8. The number of ether oxygens (including phenoxy) is 4. The monoisotopic (exact) mass is 1270 g/mol. The molecule has 0 spiro atoms. The number of pyridine rings is 2. The molecule has 13 rings (SSSR count). The molecule has 24 heteroatoms. The first kappa shape index (κ1) is 66.5. The Balaban J connectivity index is 0.000000143. The number of rotatable bonds is 20. The maximum atomic E-state index is 12.1. The number of anilines is 3. The van der Waals surface area contributed by atoms with E-state index in [0.29, 0.717) is 67.7 Å². The fraction of sp³-hybridized carbons (Fsp3) is 0.536. The van der Waals surface area contributed by atoms with Crippen LogP contribution in [0.1, 0.15) is 168 Å². The molecule has 24 nitrogen and oxygen atoms in total. The molecule has 3 aliphatic carbocycles. The molecule has 0 unspecified atom stereocenters. The predicted octanol–water partition coefficient (Wildman–Crippen LogP) is 10.5. The molecule has 4 aliphatic rings. The van der Waals surface area contributed by atoms with Crippen LogP contribution in [0.4, 0.5) is 17.8 Å². The van der Waals surface area contributed by atoms with Crippen molar-refractivity contribution in [3.8, 4) is 33.4 Å². The van der Waals surface area contributed by atoms with Gasteiger partial charge in [-0.25, -0.2) is 28.5 Å². The number of aryl methyl sites for hydroxylation is 1. The minimum Gasteiger partial charge on any atom is -0.393 e. The maximum Gasteiger partial charge on any atom is 0.252 e. The van der Waals surface area contributed by atoms with E-state index < -0.39 is 0 Å². The Morgan fingerprint density at radius 2 is 1.03 bits per heavy atom. The van der Waals surface area contributed by atoms with Crippen LogP contribution in [0.5, 0.6) is 0 Å². The summed E-state index contributed by atoms with van der Waals surface area (Å²) >= 11 is 0. The third-order valence-electron chi connectivity index (χ3n) is 18.6. The van der Waals surface area contributed by atoms with E-state index in [4.69, 9.17) is 34.2 Å². The minimum absolute atomic E-state index is 0.0641. The molecule has 93 heavy (non-hydrogen) atoms. The minimum atomic E-state index is -0.230. The SMILES string of the molecule is CNC(=O)c1cncc(-c2cc(C3CCC(O)CC3)n3nc(N[C@@H](C)COC)ncc23)c1.COC[C@H](C)Nc1ncc2c(-c3ccc(C)nc3)cc(C3CCC(C)CC3)n2n1.COC[C@H](C)Nc1ncc2c(-c3cnn([C@H]4CCOC4)c3)cc(C3CCC(O)CC3)n2n1. The summed E-state index contributed by atoms with van der Waals surface area (Å²) in [5.41, 5.74) is 14.1. The number of aliphatic hydroxyl groups excluding tert-OH is 2. The first-order valence-corrected chi connectivity index (χ1v) is 33.2. The summed E-state index contributed by atoms with van der Waals surface area (Å²) in [4.78, 5) is 34.6. The normalized spacial score (nSPS) is 21.7. The number of hydrogen-bond donors (Lipinski definition) is 6. The molecule has 9 aromatic heterocycles. The summed E-state index contributed by atoms with van der Waals surface area (Å²) < 4.78 is 29.3. The number of amides is 1. The Labute approximate surface area is 544 Å². The van der Waals surface area contributed by atoms with Gasteiger partial charge < -0.3 is 50.4 Å². The van der Waals surface area contributed by atoms with Crippen molar-refractivity contribution in [3.05, 3.63) is 114 Å². The molecular weight excluding hydrogens is 1180 g/mol. The van der Waals surface area contributed by atoms with Crippen LogP contribution in [-0.4, -0.2) is 171 Å². The molecule has 4 atom stereocenters. The molecule has 6 N–H and O–H groups in total. The van der Waals surface area contributed by atoms with E-state index in [2.05, 4.69) is 106 Å². The Bertz CT molecular complexity index is 3890. The topological polar surface area (TPSA) is 277 Å². The predicted molar refractivity (Wildman–Crippen MR) is 359 cm³/mol. The van der Waals surface area contributed by atoms with Crippen LogP contribution in [0.15, 0.2) is 86.0 Å². The summed E-state index contributed by atoms with van der Waals surface area (Å²) in [6.07, 6.45) is 27.4. The highest BCUT2D eigenvalue weighted by molar-refractivity contribution is 5.95. The maximum absolute atomic E-state index is 12.1. The number of aliphatic hydroxyl groups is 2. The number of carbonyl (C=O) groups excluding carboxylic acids is 1. The zero-order chi connectivity index (χ0) is 65.1. The van der Waals surface area contributed by atoms with Gasteiger partial charge in [-0.05, 0) is 135 Å². The lowest BCUT2D eigenvalue weighted by Crippen LogP contribution is -2.23. The zero-order valence-corrected chi connectivity index (χ0v) is 55.3. The summed E-state index contributed by atoms with van der Waals surface area (Å²) in [5, 5.41) is 51.7. The number of fused-ring (bicyclic) bond motifs is 3. The van der Waals surface area contributed by atoms with Gasteiger partial charge in [-0.15, -0.1) is 15.3 Å². The fourth-order valence-electron chi connectivity index (χ4n) is 13.5. The van der Waals surface area contributed by atoms with Crippen LogP contribution in [0.25, 0.3) is 49.9 Å². The van der Waals surface area contributed by atoms with Gasteiger partial charge in [-0.3, -0.25) is 19.4 Å². The van der Waals surface area contributed by atoms with E-state index in [0.717, 1.165) is 132 Å². The number of carbonyl (C=O) groups is 1. The second-order valence-electron chi connectivity index (χ2n) is 26.0. The third-order valence-corrected chi connectivity index (χ3v) is 18.6. The summed E-state index contributed by atoms with van der Waals surface area (Å²) in [6.45, 7) is 13.7. The van der Waals surface area contributed by atoms with Gasteiger partial charge in [0.2, 0.25) is 17.8 Å². The van der Waals surface area contributed by atoms with Gasteiger partial charge >= 0.3 is 0 Å². The fourth-order valence-corrected chi connectivity index (χ4v) is 13.5. The van der Waals surface area contributed by atoms with Crippen molar-refractivity contribution in [2.24, 2.45) is 5.92 Å². The van der Waals surface area contributed by atoms with Gasteiger partial charge in [0.1, 0.15) is 0 Å². The second-order valence-corrected chi connectivity index (χ2v) is 26.0. The lowest BCUT2D eigenvalue weighted by atomic mass is 9.81. The molecule has 0 bridgehead atoms. The average Bonchev–Trinajstić information content (AvgIpc) is 1.64. The van der Waals surface area contributed by atoms with E-state index in [1.165, 1.54) is 37.1 Å². The van der Waals surface area contributed by atoms with Gasteiger partial charge in [0, 0.05) is 152 Å². The number of nitrogens with zero attached hydrogens (tertiary/aromatic N) is 13. The Hall–Kier alpha value is -8.00.